The molecular weight excluding hydrogens is 266 g/mol. The molecule has 3 amide bonds. The summed E-state index contributed by atoms with van der Waals surface area (Å²) in [6.45, 7) is 7.51. The van der Waals surface area contributed by atoms with Gasteiger partial charge in [0.05, 0.1) is 10.9 Å². The summed E-state index contributed by atoms with van der Waals surface area (Å²) in [5.41, 5.74) is 1.27. The molecule has 6 nitrogen and oxygen atoms in total. The van der Waals surface area contributed by atoms with E-state index in [-0.39, 0.29) is 17.6 Å². The van der Waals surface area contributed by atoms with Gasteiger partial charge in [-0.25, -0.2) is 10.3 Å². The van der Waals surface area contributed by atoms with Crippen LogP contribution < -0.4 is 16.1 Å². The highest BCUT2D eigenvalue weighted by molar-refractivity contribution is 7.14. The normalized spacial score (nSPS) is 12.7. The average Bonchev–Trinajstić information content (AvgIpc) is 2.74. The zero-order valence-electron chi connectivity index (χ0n) is 11.4. The van der Waals surface area contributed by atoms with Gasteiger partial charge >= 0.3 is 6.03 Å². The second-order valence-electron chi connectivity index (χ2n) is 5.21. The standard InChI is InChI=1S/C12H19N3O3S/c1-7(13-11(17)14-12(2,3)4)8-5-6-9(19-8)10(16)15-18/h5-7,18H,1-4H3,(H,15,16)(H2,13,14,17)/t7-/m1/s1. The highest BCUT2D eigenvalue weighted by Crippen LogP contribution is 2.23. The molecule has 0 aliphatic carbocycles. The minimum atomic E-state index is -0.553. The lowest BCUT2D eigenvalue weighted by molar-refractivity contribution is 0.0711. The third kappa shape index (κ3) is 4.88. The van der Waals surface area contributed by atoms with Crippen molar-refractivity contribution in [2.45, 2.75) is 39.3 Å². The summed E-state index contributed by atoms with van der Waals surface area (Å²) in [7, 11) is 0. The van der Waals surface area contributed by atoms with Gasteiger partial charge in [0, 0.05) is 10.4 Å². The van der Waals surface area contributed by atoms with Crippen LogP contribution in [0.25, 0.3) is 0 Å². The van der Waals surface area contributed by atoms with Gasteiger partial charge in [-0.2, -0.15) is 0 Å². The van der Waals surface area contributed by atoms with E-state index >= 15 is 0 Å². The number of carbonyl (C=O) groups excluding carboxylic acids is 2. The van der Waals surface area contributed by atoms with Crippen molar-refractivity contribution in [2.24, 2.45) is 0 Å². The zero-order valence-corrected chi connectivity index (χ0v) is 12.2. The predicted octanol–water partition coefficient (Wildman–Crippen LogP) is 2.03. The van der Waals surface area contributed by atoms with Crippen LogP contribution in [-0.2, 0) is 0 Å². The number of rotatable bonds is 3. The molecule has 7 heteroatoms. The van der Waals surface area contributed by atoms with Gasteiger partial charge in [0.2, 0.25) is 0 Å². The highest BCUT2D eigenvalue weighted by atomic mass is 32.1. The van der Waals surface area contributed by atoms with Crippen molar-refractivity contribution < 1.29 is 14.8 Å². The second-order valence-corrected chi connectivity index (χ2v) is 6.33. The fraction of sp³-hybridized carbons (Fsp3) is 0.500. The second kappa shape index (κ2) is 6.03. The number of hydrogen-bond donors (Lipinski definition) is 4. The number of amides is 3. The lowest BCUT2D eigenvalue weighted by Crippen LogP contribution is -2.46. The summed E-state index contributed by atoms with van der Waals surface area (Å²) in [6, 6.07) is 2.87. The molecule has 0 saturated carbocycles. The van der Waals surface area contributed by atoms with Crippen molar-refractivity contribution in [3.63, 3.8) is 0 Å². The molecule has 1 aromatic rings. The summed E-state index contributed by atoms with van der Waals surface area (Å²) < 4.78 is 0. The maximum atomic E-state index is 11.7. The van der Waals surface area contributed by atoms with Crippen LogP contribution in [0, 0.1) is 0 Å². The topological polar surface area (TPSA) is 90.5 Å². The third-order valence-corrected chi connectivity index (χ3v) is 3.48. The molecule has 0 unspecified atom stereocenters. The first-order valence-corrected chi connectivity index (χ1v) is 6.67. The smallest absolute Gasteiger partial charge is 0.315 e. The van der Waals surface area contributed by atoms with Gasteiger partial charge in [-0.1, -0.05) is 0 Å². The van der Waals surface area contributed by atoms with E-state index in [9.17, 15) is 9.59 Å². The van der Waals surface area contributed by atoms with Crippen LogP contribution in [-0.4, -0.2) is 22.7 Å². The van der Waals surface area contributed by atoms with Gasteiger partial charge in [-0.15, -0.1) is 11.3 Å². The van der Waals surface area contributed by atoms with E-state index in [1.807, 2.05) is 27.7 Å². The van der Waals surface area contributed by atoms with Gasteiger partial charge in [-0.05, 0) is 39.8 Å². The molecule has 0 radical (unpaired) electrons. The molecule has 0 fully saturated rings. The summed E-state index contributed by atoms with van der Waals surface area (Å²) in [5.74, 6) is -0.553. The van der Waals surface area contributed by atoms with Crippen molar-refractivity contribution in [1.29, 1.82) is 0 Å². The number of nitrogens with one attached hydrogen (secondary N) is 3. The number of urea groups is 1. The molecule has 0 aliphatic heterocycles. The Morgan fingerprint density at radius 3 is 2.47 bits per heavy atom. The molecule has 1 aromatic heterocycles. The number of carbonyl (C=O) groups is 2. The summed E-state index contributed by atoms with van der Waals surface area (Å²) in [6.07, 6.45) is 0. The lowest BCUT2D eigenvalue weighted by atomic mass is 10.1. The van der Waals surface area contributed by atoms with Gasteiger partial charge in [0.25, 0.3) is 5.91 Å². The van der Waals surface area contributed by atoms with E-state index in [1.54, 1.807) is 17.6 Å². The molecule has 0 bridgehead atoms. The molecule has 1 heterocycles. The van der Waals surface area contributed by atoms with Crippen molar-refractivity contribution in [3.05, 3.63) is 21.9 Å². The van der Waals surface area contributed by atoms with E-state index in [1.165, 1.54) is 11.3 Å². The van der Waals surface area contributed by atoms with Gasteiger partial charge in [0.1, 0.15) is 0 Å². The molecule has 0 saturated heterocycles. The number of hydrogen-bond acceptors (Lipinski definition) is 4. The highest BCUT2D eigenvalue weighted by Gasteiger charge is 2.17. The zero-order chi connectivity index (χ0) is 14.6. The first-order chi connectivity index (χ1) is 8.73. The summed E-state index contributed by atoms with van der Waals surface area (Å²) in [5, 5.41) is 14.1. The molecule has 0 aromatic carbocycles. The van der Waals surface area contributed by atoms with Crippen molar-refractivity contribution in [1.82, 2.24) is 16.1 Å². The van der Waals surface area contributed by atoms with E-state index in [0.29, 0.717) is 4.88 Å². The fourth-order valence-electron chi connectivity index (χ4n) is 1.41. The Labute approximate surface area is 116 Å². The largest absolute Gasteiger partial charge is 0.334 e. The van der Waals surface area contributed by atoms with Crippen LogP contribution in [0.2, 0.25) is 0 Å². The minimum absolute atomic E-state index is 0.215. The quantitative estimate of drug-likeness (QED) is 0.506. The summed E-state index contributed by atoms with van der Waals surface area (Å²) in [4.78, 5) is 24.1. The Kier molecular flexibility index (Phi) is 4.90. The minimum Gasteiger partial charge on any atom is -0.334 e. The molecule has 0 aliphatic rings. The van der Waals surface area contributed by atoms with E-state index in [0.717, 1.165) is 4.88 Å². The Morgan fingerprint density at radius 2 is 1.95 bits per heavy atom. The van der Waals surface area contributed by atoms with E-state index in [4.69, 9.17) is 5.21 Å². The molecule has 1 rings (SSSR count). The Bertz CT molecular complexity index is 465. The molecule has 19 heavy (non-hydrogen) atoms. The van der Waals surface area contributed by atoms with Crippen molar-refractivity contribution in [2.75, 3.05) is 0 Å². The molecule has 0 spiro atoms. The molecule has 1 atom stereocenters. The Morgan fingerprint density at radius 1 is 1.32 bits per heavy atom. The van der Waals surface area contributed by atoms with Crippen LogP contribution in [0.5, 0.6) is 0 Å². The molecular formula is C12H19N3O3S. The van der Waals surface area contributed by atoms with Crippen LogP contribution in [0.15, 0.2) is 12.1 Å². The SMILES string of the molecule is C[C@@H](NC(=O)NC(C)(C)C)c1ccc(C(=O)NO)s1. The Hall–Kier alpha value is -1.60. The monoisotopic (exact) mass is 285 g/mol. The number of hydroxylamine groups is 1. The number of thiophene rings is 1. The maximum Gasteiger partial charge on any atom is 0.315 e. The average molecular weight is 285 g/mol. The van der Waals surface area contributed by atoms with Gasteiger partial charge in [-0.3, -0.25) is 10.0 Å². The third-order valence-electron chi connectivity index (χ3n) is 2.22. The van der Waals surface area contributed by atoms with Gasteiger partial charge < -0.3 is 10.6 Å². The van der Waals surface area contributed by atoms with Crippen molar-refractivity contribution in [3.8, 4) is 0 Å². The van der Waals surface area contributed by atoms with Crippen LogP contribution in [0.4, 0.5) is 4.79 Å². The fourth-order valence-corrected chi connectivity index (χ4v) is 2.31. The van der Waals surface area contributed by atoms with E-state index < -0.39 is 5.91 Å². The summed E-state index contributed by atoms with van der Waals surface area (Å²) >= 11 is 1.22. The first kappa shape index (κ1) is 15.5. The predicted molar refractivity (Wildman–Crippen MR) is 73.4 cm³/mol. The van der Waals surface area contributed by atoms with Crippen LogP contribution in [0.1, 0.15) is 48.3 Å². The van der Waals surface area contributed by atoms with Crippen LogP contribution in [0.3, 0.4) is 0 Å². The van der Waals surface area contributed by atoms with Gasteiger partial charge in [0.15, 0.2) is 0 Å². The lowest BCUT2D eigenvalue weighted by Gasteiger charge is -2.22. The van der Waals surface area contributed by atoms with E-state index in [2.05, 4.69) is 10.6 Å². The first-order valence-electron chi connectivity index (χ1n) is 5.86. The maximum absolute atomic E-state index is 11.7. The van der Waals surface area contributed by atoms with Crippen molar-refractivity contribution >= 4 is 23.3 Å². The molecule has 106 valence electrons. The Balaban J connectivity index is 2.63. The molecule has 4 N–H and O–H groups in total. The van der Waals surface area contributed by atoms with Crippen LogP contribution >= 0.6 is 11.3 Å².